The Labute approximate surface area is 168 Å². The van der Waals surface area contributed by atoms with Crippen molar-refractivity contribution in [2.24, 2.45) is 5.73 Å². The van der Waals surface area contributed by atoms with E-state index in [-0.39, 0.29) is 0 Å². The molecule has 0 fully saturated rings. The van der Waals surface area contributed by atoms with E-state index in [1.165, 1.54) is 5.48 Å². The van der Waals surface area contributed by atoms with E-state index in [2.05, 4.69) is 17.2 Å². The molecular weight excluding hydrogens is 378 g/mol. The molecule has 28 heavy (non-hydrogen) atoms. The predicted molar refractivity (Wildman–Crippen MR) is 109 cm³/mol. The van der Waals surface area contributed by atoms with Gasteiger partial charge in [-0.05, 0) is 55.0 Å². The van der Waals surface area contributed by atoms with Crippen LogP contribution in [0.3, 0.4) is 0 Å². The summed E-state index contributed by atoms with van der Waals surface area (Å²) in [6.45, 7) is 1.55. The van der Waals surface area contributed by atoms with E-state index in [0.717, 1.165) is 11.1 Å². The molecule has 0 unspecified atom stereocenters. The van der Waals surface area contributed by atoms with Crippen LogP contribution < -0.4 is 16.5 Å². The van der Waals surface area contributed by atoms with Crippen LogP contribution in [0.5, 0.6) is 0 Å². The standard InChI is InChI=1S/C21H20ClN3O3/c1-14(23)19(21(27)25-28)24-20(26)17-11-9-15(10-12-17)5-2-3-6-16-7-4-8-18(22)13-16/h2,4-5,7-14,19,28H,23H2,1H3,(H,24,26)(H,25,27)/t14-,19+/m1/s1. The number of nitrogens with two attached hydrogens (primary N) is 1. The van der Waals surface area contributed by atoms with Crippen molar-refractivity contribution in [3.8, 4) is 11.8 Å². The number of benzene rings is 2. The van der Waals surface area contributed by atoms with Crippen molar-refractivity contribution in [1.29, 1.82) is 0 Å². The largest absolute Gasteiger partial charge is 0.339 e. The topological polar surface area (TPSA) is 104 Å². The number of hydrogen-bond donors (Lipinski definition) is 4. The summed E-state index contributed by atoms with van der Waals surface area (Å²) in [5, 5.41) is 11.9. The highest BCUT2D eigenvalue weighted by molar-refractivity contribution is 6.30. The van der Waals surface area contributed by atoms with Crippen molar-refractivity contribution in [2.45, 2.75) is 19.0 Å². The first-order chi connectivity index (χ1) is 13.4. The Kier molecular flexibility index (Phi) is 7.78. The van der Waals surface area contributed by atoms with Gasteiger partial charge in [0.05, 0.1) is 0 Å². The van der Waals surface area contributed by atoms with E-state index >= 15 is 0 Å². The van der Waals surface area contributed by atoms with E-state index < -0.39 is 23.9 Å². The number of halogens is 1. The summed E-state index contributed by atoms with van der Waals surface area (Å²) in [5.41, 5.74) is 9.19. The number of carbonyl (C=O) groups excluding carboxylic acids is 2. The summed E-state index contributed by atoms with van der Waals surface area (Å²) in [5.74, 6) is 4.65. The molecule has 6 nitrogen and oxygen atoms in total. The Hall–Kier alpha value is -3.11. The van der Waals surface area contributed by atoms with Gasteiger partial charge in [-0.3, -0.25) is 14.8 Å². The monoisotopic (exact) mass is 397 g/mol. The molecule has 144 valence electrons. The normalized spacial score (nSPS) is 12.6. The van der Waals surface area contributed by atoms with E-state index in [4.69, 9.17) is 22.5 Å². The van der Waals surface area contributed by atoms with Gasteiger partial charge in [0.15, 0.2) is 0 Å². The van der Waals surface area contributed by atoms with Crippen LogP contribution >= 0.6 is 11.6 Å². The quantitative estimate of drug-likeness (QED) is 0.353. The first kappa shape index (κ1) is 21.2. The molecule has 0 aliphatic heterocycles. The zero-order valence-electron chi connectivity index (χ0n) is 15.1. The SMILES string of the molecule is C[C@@H](N)[C@H](NC(=O)c1ccc(C=CC#Cc2cccc(Cl)c2)cc1)C(=O)NO. The molecule has 0 bridgehead atoms. The summed E-state index contributed by atoms with van der Waals surface area (Å²) in [6, 6.07) is 12.3. The van der Waals surface area contributed by atoms with Crippen molar-refractivity contribution in [2.75, 3.05) is 0 Å². The molecule has 0 aromatic heterocycles. The Morgan fingerprint density at radius 3 is 2.54 bits per heavy atom. The van der Waals surface area contributed by atoms with Crippen LogP contribution in [0.25, 0.3) is 6.08 Å². The summed E-state index contributed by atoms with van der Waals surface area (Å²) in [7, 11) is 0. The van der Waals surface area contributed by atoms with Crippen LogP contribution in [0, 0.1) is 11.8 Å². The molecule has 2 atom stereocenters. The molecule has 0 radical (unpaired) electrons. The lowest BCUT2D eigenvalue weighted by Crippen LogP contribution is -2.54. The molecule has 0 aliphatic rings. The predicted octanol–water partition coefficient (Wildman–Crippen LogP) is 2.36. The smallest absolute Gasteiger partial charge is 0.267 e. The lowest BCUT2D eigenvalue weighted by Gasteiger charge is -2.20. The highest BCUT2D eigenvalue weighted by atomic mass is 35.5. The number of carbonyl (C=O) groups is 2. The van der Waals surface area contributed by atoms with Gasteiger partial charge < -0.3 is 11.1 Å². The molecule has 2 amide bonds. The van der Waals surface area contributed by atoms with Crippen LogP contribution in [0.15, 0.2) is 54.6 Å². The average molecular weight is 398 g/mol. The van der Waals surface area contributed by atoms with Gasteiger partial charge in [0, 0.05) is 22.2 Å². The minimum Gasteiger partial charge on any atom is -0.339 e. The summed E-state index contributed by atoms with van der Waals surface area (Å²) in [4.78, 5) is 23.8. The van der Waals surface area contributed by atoms with E-state index in [0.29, 0.717) is 10.6 Å². The third-order valence-electron chi connectivity index (χ3n) is 3.78. The molecular formula is C21H20ClN3O3. The zero-order chi connectivity index (χ0) is 20.5. The molecule has 2 rings (SSSR count). The minimum atomic E-state index is -1.04. The maximum absolute atomic E-state index is 12.3. The van der Waals surface area contributed by atoms with E-state index in [9.17, 15) is 9.59 Å². The number of hydroxylamine groups is 1. The number of amides is 2. The number of hydrogen-bond acceptors (Lipinski definition) is 4. The van der Waals surface area contributed by atoms with Gasteiger partial charge in [-0.25, -0.2) is 5.48 Å². The van der Waals surface area contributed by atoms with Gasteiger partial charge in [-0.2, -0.15) is 0 Å². The zero-order valence-corrected chi connectivity index (χ0v) is 15.9. The van der Waals surface area contributed by atoms with Crippen molar-refractivity contribution < 1.29 is 14.8 Å². The Morgan fingerprint density at radius 2 is 1.93 bits per heavy atom. The van der Waals surface area contributed by atoms with Gasteiger partial charge in [0.2, 0.25) is 0 Å². The van der Waals surface area contributed by atoms with E-state index in [1.54, 1.807) is 49.4 Å². The van der Waals surface area contributed by atoms with Gasteiger partial charge in [0.25, 0.3) is 11.8 Å². The molecule has 5 N–H and O–H groups in total. The van der Waals surface area contributed by atoms with Gasteiger partial charge in [-0.1, -0.05) is 41.6 Å². The van der Waals surface area contributed by atoms with Gasteiger partial charge in [-0.15, -0.1) is 0 Å². The molecule has 7 heteroatoms. The van der Waals surface area contributed by atoms with Crippen molar-refractivity contribution in [3.05, 3.63) is 76.3 Å². The maximum atomic E-state index is 12.3. The second-order valence-electron chi connectivity index (χ2n) is 6.02. The van der Waals surface area contributed by atoms with Crippen molar-refractivity contribution in [1.82, 2.24) is 10.8 Å². The molecule has 0 saturated carbocycles. The number of rotatable bonds is 5. The minimum absolute atomic E-state index is 0.360. The van der Waals surface area contributed by atoms with Gasteiger partial charge in [0.1, 0.15) is 6.04 Å². The first-order valence-electron chi connectivity index (χ1n) is 8.45. The fourth-order valence-corrected chi connectivity index (χ4v) is 2.49. The molecule has 0 saturated heterocycles. The number of allylic oxidation sites excluding steroid dienone is 1. The van der Waals surface area contributed by atoms with Crippen LogP contribution in [-0.4, -0.2) is 29.1 Å². The second kappa shape index (κ2) is 10.3. The maximum Gasteiger partial charge on any atom is 0.267 e. The van der Waals surface area contributed by atoms with Crippen molar-refractivity contribution in [3.63, 3.8) is 0 Å². The third-order valence-corrected chi connectivity index (χ3v) is 4.01. The lowest BCUT2D eigenvalue weighted by atomic mass is 10.1. The fraction of sp³-hybridized carbons (Fsp3) is 0.143. The average Bonchev–Trinajstić information content (AvgIpc) is 2.69. The first-order valence-corrected chi connectivity index (χ1v) is 8.82. The molecule has 2 aromatic rings. The van der Waals surface area contributed by atoms with Crippen molar-refractivity contribution >= 4 is 29.5 Å². The Balaban J connectivity index is 2.01. The van der Waals surface area contributed by atoms with Gasteiger partial charge >= 0.3 is 0 Å². The highest BCUT2D eigenvalue weighted by Gasteiger charge is 2.24. The Bertz CT molecular complexity index is 928. The van der Waals surface area contributed by atoms with Crippen LogP contribution in [-0.2, 0) is 4.79 Å². The summed E-state index contributed by atoms with van der Waals surface area (Å²) in [6.07, 6.45) is 3.51. The van der Waals surface area contributed by atoms with Crippen LogP contribution in [0.4, 0.5) is 0 Å². The summed E-state index contributed by atoms with van der Waals surface area (Å²) < 4.78 is 0. The highest BCUT2D eigenvalue weighted by Crippen LogP contribution is 2.10. The Morgan fingerprint density at radius 1 is 1.21 bits per heavy atom. The molecule has 0 aliphatic carbocycles. The summed E-state index contributed by atoms with van der Waals surface area (Å²) >= 11 is 5.91. The second-order valence-corrected chi connectivity index (χ2v) is 6.46. The lowest BCUT2D eigenvalue weighted by molar-refractivity contribution is -0.131. The molecule has 2 aromatic carbocycles. The molecule has 0 heterocycles. The van der Waals surface area contributed by atoms with Crippen LogP contribution in [0.2, 0.25) is 5.02 Å². The van der Waals surface area contributed by atoms with Crippen LogP contribution in [0.1, 0.15) is 28.4 Å². The third kappa shape index (κ3) is 6.25. The van der Waals surface area contributed by atoms with E-state index in [1.807, 2.05) is 18.2 Å². The number of nitrogens with one attached hydrogen (secondary N) is 2. The fourth-order valence-electron chi connectivity index (χ4n) is 2.30. The molecule has 0 spiro atoms.